The molecule has 0 spiro atoms. The van der Waals surface area contributed by atoms with Gasteiger partial charge >= 0.3 is 0 Å². The molecule has 112 valence electrons. The molecule has 2 rings (SSSR count). The highest BCUT2D eigenvalue weighted by atomic mass is 19.1. The van der Waals surface area contributed by atoms with E-state index >= 15 is 0 Å². The Bertz CT molecular complexity index is 602. The summed E-state index contributed by atoms with van der Waals surface area (Å²) in [5.41, 5.74) is 7.00. The van der Waals surface area contributed by atoms with E-state index in [1.165, 1.54) is 6.07 Å². The molecule has 4 nitrogen and oxygen atoms in total. The molecule has 0 amide bonds. The van der Waals surface area contributed by atoms with Gasteiger partial charge in [-0.2, -0.15) is 4.98 Å². The van der Waals surface area contributed by atoms with Gasteiger partial charge in [0.15, 0.2) is 0 Å². The molecule has 0 fully saturated rings. The number of pyridine rings is 1. The Morgan fingerprint density at radius 2 is 2.00 bits per heavy atom. The van der Waals surface area contributed by atoms with Gasteiger partial charge in [0.2, 0.25) is 5.88 Å². The molecule has 0 bridgehead atoms. The molecule has 0 atom stereocenters. The summed E-state index contributed by atoms with van der Waals surface area (Å²) in [5, 5.41) is 3.15. The fraction of sp³-hybridized carbons (Fsp3) is 0.312. The van der Waals surface area contributed by atoms with Gasteiger partial charge in [-0.05, 0) is 44.0 Å². The van der Waals surface area contributed by atoms with Gasteiger partial charge in [-0.15, -0.1) is 0 Å². The number of nitrogens with one attached hydrogen (secondary N) is 1. The van der Waals surface area contributed by atoms with Crippen LogP contribution < -0.4 is 15.8 Å². The summed E-state index contributed by atoms with van der Waals surface area (Å²) in [6.45, 7) is 4.41. The largest absolute Gasteiger partial charge is 0.473 e. The molecule has 0 aliphatic rings. The number of nitrogens with zero attached hydrogens (tertiary/aromatic N) is 1. The minimum Gasteiger partial charge on any atom is -0.473 e. The first kappa shape index (κ1) is 15.1. The van der Waals surface area contributed by atoms with Gasteiger partial charge in [-0.3, -0.25) is 0 Å². The number of rotatable bonds is 6. The van der Waals surface area contributed by atoms with Crippen molar-refractivity contribution in [2.24, 2.45) is 0 Å². The van der Waals surface area contributed by atoms with Crippen LogP contribution in [0.15, 0.2) is 36.4 Å². The summed E-state index contributed by atoms with van der Waals surface area (Å²) < 4.78 is 19.0. The van der Waals surface area contributed by atoms with Crippen molar-refractivity contribution in [1.29, 1.82) is 0 Å². The minimum absolute atomic E-state index is 0.00784. The summed E-state index contributed by atoms with van der Waals surface area (Å²) in [4.78, 5) is 4.31. The van der Waals surface area contributed by atoms with Crippen molar-refractivity contribution in [3.63, 3.8) is 0 Å². The van der Waals surface area contributed by atoms with Crippen molar-refractivity contribution in [2.45, 2.75) is 26.4 Å². The second kappa shape index (κ2) is 6.92. The predicted molar refractivity (Wildman–Crippen MR) is 83.0 cm³/mol. The zero-order valence-corrected chi connectivity index (χ0v) is 12.3. The van der Waals surface area contributed by atoms with Crippen molar-refractivity contribution < 1.29 is 9.13 Å². The molecule has 21 heavy (non-hydrogen) atoms. The van der Waals surface area contributed by atoms with Crippen LogP contribution in [0.4, 0.5) is 15.9 Å². The standard InChI is InChI=1S/C16H20FN3O/c1-11(2)21-16-14(18)7-8-15(20-16)19-10-9-12-5-3-4-6-13(12)17/h3-8,11H,9-10,18H2,1-2H3,(H,19,20). The molecule has 3 N–H and O–H groups in total. The molecular formula is C16H20FN3O. The van der Waals surface area contributed by atoms with Crippen LogP contribution in [-0.4, -0.2) is 17.6 Å². The van der Waals surface area contributed by atoms with Crippen LogP contribution in [0.2, 0.25) is 0 Å². The molecule has 0 saturated carbocycles. The highest BCUT2D eigenvalue weighted by Gasteiger charge is 2.06. The van der Waals surface area contributed by atoms with Gasteiger partial charge in [0.05, 0.1) is 11.8 Å². The molecule has 0 aliphatic carbocycles. The number of hydrogen-bond acceptors (Lipinski definition) is 4. The lowest BCUT2D eigenvalue weighted by atomic mass is 10.1. The monoisotopic (exact) mass is 289 g/mol. The third-order valence-corrected chi connectivity index (χ3v) is 2.90. The molecule has 1 heterocycles. The Hall–Kier alpha value is -2.30. The molecule has 0 unspecified atom stereocenters. The highest BCUT2D eigenvalue weighted by Crippen LogP contribution is 2.22. The van der Waals surface area contributed by atoms with Crippen LogP contribution in [0.3, 0.4) is 0 Å². The average molecular weight is 289 g/mol. The predicted octanol–water partition coefficient (Wildman–Crippen LogP) is 3.24. The fourth-order valence-electron chi connectivity index (χ4n) is 1.89. The smallest absolute Gasteiger partial charge is 0.239 e. The third-order valence-electron chi connectivity index (χ3n) is 2.90. The lowest BCUT2D eigenvalue weighted by molar-refractivity contribution is 0.234. The lowest BCUT2D eigenvalue weighted by Gasteiger charge is -2.13. The maximum atomic E-state index is 13.5. The average Bonchev–Trinajstić information content (AvgIpc) is 2.44. The van der Waals surface area contributed by atoms with Crippen LogP contribution in [0.5, 0.6) is 5.88 Å². The van der Waals surface area contributed by atoms with E-state index in [1.54, 1.807) is 24.3 Å². The molecular weight excluding hydrogens is 269 g/mol. The van der Waals surface area contributed by atoms with Crippen molar-refractivity contribution in [1.82, 2.24) is 4.98 Å². The van der Waals surface area contributed by atoms with Gasteiger partial charge in [-0.1, -0.05) is 18.2 Å². The van der Waals surface area contributed by atoms with Crippen molar-refractivity contribution in [3.05, 3.63) is 47.8 Å². The van der Waals surface area contributed by atoms with E-state index < -0.39 is 0 Å². The lowest BCUT2D eigenvalue weighted by Crippen LogP contribution is -2.11. The van der Waals surface area contributed by atoms with Crippen molar-refractivity contribution >= 4 is 11.5 Å². The Kier molecular flexibility index (Phi) is 4.98. The molecule has 0 saturated heterocycles. The van der Waals surface area contributed by atoms with E-state index in [-0.39, 0.29) is 11.9 Å². The third kappa shape index (κ3) is 4.34. The second-order valence-electron chi connectivity index (χ2n) is 5.03. The summed E-state index contributed by atoms with van der Waals surface area (Å²) in [6, 6.07) is 10.3. The first-order valence-corrected chi connectivity index (χ1v) is 6.96. The van der Waals surface area contributed by atoms with E-state index in [1.807, 2.05) is 19.9 Å². The van der Waals surface area contributed by atoms with Gasteiger partial charge in [-0.25, -0.2) is 4.39 Å². The van der Waals surface area contributed by atoms with E-state index in [0.717, 1.165) is 0 Å². The van der Waals surface area contributed by atoms with E-state index in [2.05, 4.69) is 10.3 Å². The Morgan fingerprint density at radius 3 is 2.71 bits per heavy atom. The number of nitrogen functional groups attached to an aromatic ring is 1. The molecule has 1 aromatic carbocycles. The Balaban J connectivity index is 1.96. The quantitative estimate of drug-likeness (QED) is 0.857. The van der Waals surface area contributed by atoms with Crippen molar-refractivity contribution in [2.75, 3.05) is 17.6 Å². The second-order valence-corrected chi connectivity index (χ2v) is 5.03. The van der Waals surface area contributed by atoms with Crippen LogP contribution in [0, 0.1) is 5.82 Å². The zero-order valence-electron chi connectivity index (χ0n) is 12.3. The summed E-state index contributed by atoms with van der Waals surface area (Å²) >= 11 is 0. The van der Waals surface area contributed by atoms with Gasteiger partial charge in [0.1, 0.15) is 11.6 Å². The van der Waals surface area contributed by atoms with E-state index in [4.69, 9.17) is 10.5 Å². The number of nitrogens with two attached hydrogens (primary N) is 1. The topological polar surface area (TPSA) is 60.2 Å². The minimum atomic E-state index is -0.187. The van der Waals surface area contributed by atoms with E-state index in [0.29, 0.717) is 35.9 Å². The number of anilines is 2. The number of halogens is 1. The Labute approximate surface area is 124 Å². The van der Waals surface area contributed by atoms with Crippen LogP contribution >= 0.6 is 0 Å². The van der Waals surface area contributed by atoms with Crippen LogP contribution in [-0.2, 0) is 6.42 Å². The SMILES string of the molecule is CC(C)Oc1nc(NCCc2ccccc2F)ccc1N. The van der Waals surface area contributed by atoms with Gasteiger partial charge in [0, 0.05) is 6.54 Å². The highest BCUT2D eigenvalue weighted by molar-refractivity contribution is 5.53. The van der Waals surface area contributed by atoms with Gasteiger partial charge in [0.25, 0.3) is 0 Å². The Morgan fingerprint density at radius 1 is 1.24 bits per heavy atom. The number of ether oxygens (including phenoxy) is 1. The maximum Gasteiger partial charge on any atom is 0.239 e. The van der Waals surface area contributed by atoms with Crippen LogP contribution in [0.1, 0.15) is 19.4 Å². The fourth-order valence-corrected chi connectivity index (χ4v) is 1.89. The maximum absolute atomic E-state index is 13.5. The number of benzene rings is 1. The summed E-state index contributed by atoms with van der Waals surface area (Å²) in [7, 11) is 0. The number of hydrogen-bond donors (Lipinski definition) is 2. The normalized spacial score (nSPS) is 10.7. The number of aromatic nitrogens is 1. The molecule has 0 aliphatic heterocycles. The summed E-state index contributed by atoms with van der Waals surface area (Å²) in [5.74, 6) is 0.894. The van der Waals surface area contributed by atoms with Crippen LogP contribution in [0.25, 0.3) is 0 Å². The molecule has 2 aromatic rings. The summed E-state index contributed by atoms with van der Waals surface area (Å²) in [6.07, 6.45) is 0.590. The molecule has 0 radical (unpaired) electrons. The van der Waals surface area contributed by atoms with Gasteiger partial charge < -0.3 is 15.8 Å². The first-order chi connectivity index (χ1) is 10.1. The van der Waals surface area contributed by atoms with Crippen molar-refractivity contribution in [3.8, 4) is 5.88 Å². The first-order valence-electron chi connectivity index (χ1n) is 6.96. The molecule has 5 heteroatoms. The zero-order chi connectivity index (χ0) is 15.2. The van der Waals surface area contributed by atoms with E-state index in [9.17, 15) is 4.39 Å². The molecule has 1 aromatic heterocycles.